The van der Waals surface area contributed by atoms with Crippen LogP contribution in [0.25, 0.3) is 0 Å². The summed E-state index contributed by atoms with van der Waals surface area (Å²) in [4.78, 5) is 13.5. The third kappa shape index (κ3) is 4.20. The average Bonchev–Trinajstić information content (AvgIpc) is 2.69. The van der Waals surface area contributed by atoms with Gasteiger partial charge < -0.3 is 4.74 Å². The maximum atomic E-state index is 11.2. The molecule has 1 rings (SSSR count). The first-order valence-electron chi connectivity index (χ1n) is 5.94. The van der Waals surface area contributed by atoms with Gasteiger partial charge in [-0.05, 0) is 32.6 Å². The normalized spacial score (nSPS) is 17.7. The van der Waals surface area contributed by atoms with Gasteiger partial charge in [0.05, 0.1) is 13.7 Å². The fraction of sp³-hybridized carbons (Fsp3) is 0.917. The molecule has 0 saturated heterocycles. The lowest BCUT2D eigenvalue weighted by Gasteiger charge is -2.27. The molecule has 0 aromatic carbocycles. The average molecular weight is 213 g/mol. The van der Waals surface area contributed by atoms with E-state index in [1.165, 1.54) is 32.8 Å². The van der Waals surface area contributed by atoms with Crippen LogP contribution in [0.3, 0.4) is 0 Å². The zero-order valence-electron chi connectivity index (χ0n) is 10.2. The number of hydrogen-bond donors (Lipinski definition) is 0. The Morgan fingerprint density at radius 2 is 2.00 bits per heavy atom. The number of carbonyl (C=O) groups is 1. The molecule has 0 aromatic rings. The molecule has 0 unspecified atom stereocenters. The summed E-state index contributed by atoms with van der Waals surface area (Å²) in [7, 11) is 1.45. The summed E-state index contributed by atoms with van der Waals surface area (Å²) in [6.45, 7) is 5.76. The highest BCUT2D eigenvalue weighted by molar-refractivity contribution is 5.71. The van der Waals surface area contributed by atoms with Crippen LogP contribution in [0.4, 0.5) is 0 Å². The van der Waals surface area contributed by atoms with Crippen molar-refractivity contribution in [3.8, 4) is 0 Å². The fourth-order valence-corrected chi connectivity index (χ4v) is 2.21. The Morgan fingerprint density at radius 3 is 2.47 bits per heavy atom. The van der Waals surface area contributed by atoms with Gasteiger partial charge in [-0.15, -0.1) is 0 Å². The van der Waals surface area contributed by atoms with Crippen LogP contribution >= 0.6 is 0 Å². The van der Waals surface area contributed by atoms with E-state index >= 15 is 0 Å². The molecule has 0 bridgehead atoms. The first-order chi connectivity index (χ1) is 7.13. The molecule has 0 spiro atoms. The molecule has 3 nitrogen and oxygen atoms in total. The lowest BCUT2D eigenvalue weighted by molar-refractivity contribution is -0.142. The quantitative estimate of drug-likeness (QED) is 0.655. The van der Waals surface area contributed by atoms with Crippen LogP contribution in [0.15, 0.2) is 0 Å². The second-order valence-corrected chi connectivity index (χ2v) is 4.75. The summed E-state index contributed by atoms with van der Waals surface area (Å²) in [5, 5.41) is 0. The van der Waals surface area contributed by atoms with Crippen molar-refractivity contribution in [2.75, 3.05) is 20.2 Å². The SMILES string of the molecule is COC(=O)CN(CC1CCCC1)C(C)C. The van der Waals surface area contributed by atoms with Crippen LogP contribution in [-0.4, -0.2) is 37.1 Å². The number of ether oxygens (including phenoxy) is 1. The van der Waals surface area contributed by atoms with Crippen molar-refractivity contribution in [1.29, 1.82) is 0 Å². The minimum atomic E-state index is -0.123. The predicted octanol–water partition coefficient (Wildman–Crippen LogP) is 2.06. The van der Waals surface area contributed by atoms with E-state index in [-0.39, 0.29) is 5.97 Å². The van der Waals surface area contributed by atoms with Gasteiger partial charge in [-0.2, -0.15) is 0 Å². The Kier molecular flexibility index (Phi) is 5.09. The van der Waals surface area contributed by atoms with Crippen LogP contribution in [0, 0.1) is 5.92 Å². The maximum Gasteiger partial charge on any atom is 0.319 e. The third-order valence-corrected chi connectivity index (χ3v) is 3.26. The van der Waals surface area contributed by atoms with Crippen molar-refractivity contribution < 1.29 is 9.53 Å². The van der Waals surface area contributed by atoms with Crippen LogP contribution in [0.2, 0.25) is 0 Å². The number of hydrogen-bond acceptors (Lipinski definition) is 3. The van der Waals surface area contributed by atoms with Crippen molar-refractivity contribution in [2.45, 2.75) is 45.6 Å². The number of rotatable bonds is 5. The van der Waals surface area contributed by atoms with E-state index in [2.05, 4.69) is 18.7 Å². The molecule has 1 fully saturated rings. The molecule has 1 saturated carbocycles. The second-order valence-electron chi connectivity index (χ2n) is 4.75. The lowest BCUT2D eigenvalue weighted by Crippen LogP contribution is -2.39. The predicted molar refractivity (Wildman–Crippen MR) is 60.7 cm³/mol. The fourth-order valence-electron chi connectivity index (χ4n) is 2.21. The first kappa shape index (κ1) is 12.5. The molecule has 1 aliphatic carbocycles. The first-order valence-corrected chi connectivity index (χ1v) is 5.94. The van der Waals surface area contributed by atoms with Crippen LogP contribution < -0.4 is 0 Å². The van der Waals surface area contributed by atoms with Crippen molar-refractivity contribution in [3.63, 3.8) is 0 Å². The molecule has 15 heavy (non-hydrogen) atoms. The van der Waals surface area contributed by atoms with E-state index in [0.717, 1.165) is 12.5 Å². The molecule has 0 aromatic heterocycles. The number of methoxy groups -OCH3 is 1. The molecule has 0 atom stereocenters. The van der Waals surface area contributed by atoms with Crippen LogP contribution in [0.1, 0.15) is 39.5 Å². The molecule has 0 amide bonds. The summed E-state index contributed by atoms with van der Waals surface area (Å²) in [5.41, 5.74) is 0. The number of carbonyl (C=O) groups excluding carboxylic acids is 1. The van der Waals surface area contributed by atoms with Gasteiger partial charge in [0.25, 0.3) is 0 Å². The van der Waals surface area contributed by atoms with Gasteiger partial charge in [0, 0.05) is 12.6 Å². The maximum absolute atomic E-state index is 11.2. The largest absolute Gasteiger partial charge is 0.468 e. The van der Waals surface area contributed by atoms with Crippen molar-refractivity contribution in [3.05, 3.63) is 0 Å². The van der Waals surface area contributed by atoms with Crippen molar-refractivity contribution >= 4 is 5.97 Å². The van der Waals surface area contributed by atoms with Crippen molar-refractivity contribution in [1.82, 2.24) is 4.90 Å². The second kappa shape index (κ2) is 6.11. The highest BCUT2D eigenvalue weighted by atomic mass is 16.5. The van der Waals surface area contributed by atoms with E-state index in [1.54, 1.807) is 0 Å². The lowest BCUT2D eigenvalue weighted by atomic mass is 10.1. The van der Waals surface area contributed by atoms with Gasteiger partial charge in [0.1, 0.15) is 0 Å². The van der Waals surface area contributed by atoms with Crippen LogP contribution in [-0.2, 0) is 9.53 Å². The summed E-state index contributed by atoms with van der Waals surface area (Å²) < 4.78 is 4.71. The van der Waals surface area contributed by atoms with Gasteiger partial charge >= 0.3 is 5.97 Å². The highest BCUT2D eigenvalue weighted by Gasteiger charge is 2.21. The van der Waals surface area contributed by atoms with E-state index in [4.69, 9.17) is 4.74 Å². The Balaban J connectivity index is 2.38. The van der Waals surface area contributed by atoms with Gasteiger partial charge in [0.2, 0.25) is 0 Å². The van der Waals surface area contributed by atoms with Crippen LogP contribution in [0.5, 0.6) is 0 Å². The Morgan fingerprint density at radius 1 is 1.40 bits per heavy atom. The van der Waals surface area contributed by atoms with E-state index < -0.39 is 0 Å². The molecule has 0 aliphatic heterocycles. The topological polar surface area (TPSA) is 29.5 Å². The monoisotopic (exact) mass is 213 g/mol. The zero-order valence-corrected chi connectivity index (χ0v) is 10.2. The molecule has 1 aliphatic rings. The summed E-state index contributed by atoms with van der Waals surface area (Å²) >= 11 is 0. The van der Waals surface area contributed by atoms with E-state index in [1.807, 2.05) is 0 Å². The number of nitrogens with zero attached hydrogens (tertiary/aromatic N) is 1. The summed E-state index contributed by atoms with van der Waals surface area (Å²) in [5.74, 6) is 0.666. The molecular formula is C12H23NO2. The van der Waals surface area contributed by atoms with Gasteiger partial charge in [-0.3, -0.25) is 9.69 Å². The molecule has 0 N–H and O–H groups in total. The summed E-state index contributed by atoms with van der Waals surface area (Å²) in [6.07, 6.45) is 5.36. The van der Waals surface area contributed by atoms with Crippen molar-refractivity contribution in [2.24, 2.45) is 5.92 Å². The van der Waals surface area contributed by atoms with Gasteiger partial charge in [-0.1, -0.05) is 12.8 Å². The van der Waals surface area contributed by atoms with Gasteiger partial charge in [-0.25, -0.2) is 0 Å². The zero-order chi connectivity index (χ0) is 11.3. The third-order valence-electron chi connectivity index (χ3n) is 3.26. The van der Waals surface area contributed by atoms with Gasteiger partial charge in [0.15, 0.2) is 0 Å². The summed E-state index contributed by atoms with van der Waals surface area (Å²) in [6, 6.07) is 0.421. The Labute approximate surface area is 92.8 Å². The molecular weight excluding hydrogens is 190 g/mol. The molecule has 3 heteroatoms. The van der Waals surface area contributed by atoms with E-state index in [0.29, 0.717) is 12.6 Å². The Hall–Kier alpha value is -0.570. The Bertz CT molecular complexity index is 198. The number of esters is 1. The molecule has 0 radical (unpaired) electrons. The molecule has 0 heterocycles. The minimum absolute atomic E-state index is 0.123. The smallest absolute Gasteiger partial charge is 0.319 e. The molecule has 88 valence electrons. The standard InChI is InChI=1S/C12H23NO2/c1-10(2)13(9-12(14)15-3)8-11-6-4-5-7-11/h10-11H,4-9H2,1-3H3. The minimum Gasteiger partial charge on any atom is -0.468 e. The highest BCUT2D eigenvalue weighted by Crippen LogP contribution is 2.25. The van der Waals surface area contributed by atoms with E-state index in [9.17, 15) is 4.79 Å².